The van der Waals surface area contributed by atoms with E-state index in [9.17, 15) is 0 Å². The van der Waals surface area contributed by atoms with Gasteiger partial charge in [0.25, 0.3) is 0 Å². The fourth-order valence-electron chi connectivity index (χ4n) is 4.72. The lowest BCUT2D eigenvalue weighted by atomic mass is 9.72. The van der Waals surface area contributed by atoms with Crippen LogP contribution in [-0.2, 0) is 5.41 Å². The van der Waals surface area contributed by atoms with Crippen LogP contribution in [0.3, 0.4) is 0 Å². The Kier molecular flexibility index (Phi) is 6.34. The van der Waals surface area contributed by atoms with Crippen LogP contribution in [-0.4, -0.2) is 0 Å². The molecular weight excluding hydrogens is 300 g/mol. The Labute approximate surface area is 154 Å². The summed E-state index contributed by atoms with van der Waals surface area (Å²) in [5.74, 6) is 1.74. The number of hydrogen-bond acceptors (Lipinski definition) is 0. The van der Waals surface area contributed by atoms with Gasteiger partial charge in [-0.1, -0.05) is 67.6 Å². The Morgan fingerprint density at radius 2 is 1.80 bits per heavy atom. The van der Waals surface area contributed by atoms with Gasteiger partial charge in [-0.2, -0.15) is 0 Å². The van der Waals surface area contributed by atoms with Crippen LogP contribution in [0.25, 0.3) is 0 Å². The molecule has 0 amide bonds. The fourth-order valence-corrected chi connectivity index (χ4v) is 4.72. The van der Waals surface area contributed by atoms with Crippen LogP contribution in [0.1, 0.15) is 82.3 Å². The van der Waals surface area contributed by atoms with Gasteiger partial charge in [0.1, 0.15) is 0 Å². The summed E-state index contributed by atoms with van der Waals surface area (Å²) in [6.45, 7) is 4.44. The molecule has 0 saturated heterocycles. The molecule has 1 aromatic carbocycles. The van der Waals surface area contributed by atoms with E-state index in [2.05, 4.69) is 74.6 Å². The first-order valence-electron chi connectivity index (χ1n) is 10.3. The molecule has 0 bridgehead atoms. The summed E-state index contributed by atoms with van der Waals surface area (Å²) in [6, 6.07) is 9.65. The molecule has 0 spiro atoms. The van der Waals surface area contributed by atoms with Crippen molar-refractivity contribution in [3.8, 4) is 0 Å². The summed E-state index contributed by atoms with van der Waals surface area (Å²) >= 11 is 0. The highest BCUT2D eigenvalue weighted by molar-refractivity contribution is 5.38. The first kappa shape index (κ1) is 18.2. The van der Waals surface area contributed by atoms with Crippen molar-refractivity contribution in [1.82, 2.24) is 0 Å². The first-order valence-corrected chi connectivity index (χ1v) is 10.3. The van der Waals surface area contributed by atoms with Gasteiger partial charge in [0, 0.05) is 5.41 Å². The summed E-state index contributed by atoms with van der Waals surface area (Å²) < 4.78 is 0. The van der Waals surface area contributed by atoms with E-state index >= 15 is 0 Å². The van der Waals surface area contributed by atoms with Gasteiger partial charge in [0.05, 0.1) is 0 Å². The molecule has 0 aromatic heterocycles. The molecular formula is C25H34. The number of benzene rings is 1. The van der Waals surface area contributed by atoms with Crippen molar-refractivity contribution < 1.29 is 0 Å². The van der Waals surface area contributed by atoms with Crippen LogP contribution in [0, 0.1) is 5.92 Å². The maximum Gasteiger partial charge on any atom is 0.0167 e. The normalized spacial score (nSPS) is 29.4. The molecule has 1 fully saturated rings. The van der Waals surface area contributed by atoms with Crippen molar-refractivity contribution in [1.29, 1.82) is 0 Å². The van der Waals surface area contributed by atoms with E-state index < -0.39 is 0 Å². The maximum atomic E-state index is 2.42. The molecule has 0 nitrogen and oxygen atoms in total. The van der Waals surface area contributed by atoms with Crippen molar-refractivity contribution in [3.63, 3.8) is 0 Å². The van der Waals surface area contributed by atoms with E-state index in [0.717, 1.165) is 18.3 Å². The molecule has 134 valence electrons. The third kappa shape index (κ3) is 4.35. The third-order valence-electron chi connectivity index (χ3n) is 6.56. The summed E-state index contributed by atoms with van der Waals surface area (Å²) in [7, 11) is 0. The Bertz CT molecular complexity index is 608. The smallest absolute Gasteiger partial charge is 0.0167 e. The SMILES string of the molecule is CC=CCC[C@H]1CC[C@H](c2ccc(C3(CC)C=CC=CC3)cc2)CC1. The Balaban J connectivity index is 1.60. The largest absolute Gasteiger partial charge is 0.0917 e. The van der Waals surface area contributed by atoms with Gasteiger partial charge in [-0.3, -0.25) is 0 Å². The zero-order valence-electron chi connectivity index (χ0n) is 16.1. The highest BCUT2D eigenvalue weighted by atomic mass is 14.3. The zero-order chi connectivity index (χ0) is 17.5. The van der Waals surface area contributed by atoms with E-state index in [4.69, 9.17) is 0 Å². The number of rotatable bonds is 6. The molecule has 0 heteroatoms. The average Bonchev–Trinajstić information content (AvgIpc) is 2.69. The van der Waals surface area contributed by atoms with Crippen molar-refractivity contribution in [2.45, 2.75) is 76.5 Å². The van der Waals surface area contributed by atoms with E-state index in [-0.39, 0.29) is 5.41 Å². The van der Waals surface area contributed by atoms with Crippen LogP contribution in [0.4, 0.5) is 0 Å². The topological polar surface area (TPSA) is 0 Å². The second-order valence-corrected chi connectivity index (χ2v) is 7.99. The molecule has 0 heterocycles. The monoisotopic (exact) mass is 334 g/mol. The number of allylic oxidation sites excluding steroid dienone is 6. The predicted molar refractivity (Wildman–Crippen MR) is 110 cm³/mol. The summed E-state index contributed by atoms with van der Waals surface area (Å²) in [5, 5.41) is 0. The maximum absolute atomic E-state index is 2.42. The fraction of sp³-hybridized carbons (Fsp3) is 0.520. The van der Waals surface area contributed by atoms with Gasteiger partial charge >= 0.3 is 0 Å². The van der Waals surface area contributed by atoms with Gasteiger partial charge in [0.15, 0.2) is 0 Å². The van der Waals surface area contributed by atoms with E-state index in [0.29, 0.717) is 0 Å². The van der Waals surface area contributed by atoms with Gasteiger partial charge in [-0.25, -0.2) is 0 Å². The molecule has 2 aliphatic carbocycles. The zero-order valence-corrected chi connectivity index (χ0v) is 16.1. The van der Waals surface area contributed by atoms with Crippen molar-refractivity contribution in [3.05, 3.63) is 71.8 Å². The van der Waals surface area contributed by atoms with Gasteiger partial charge in [0.2, 0.25) is 0 Å². The van der Waals surface area contributed by atoms with E-state index in [1.807, 2.05) is 0 Å². The lowest BCUT2D eigenvalue weighted by Crippen LogP contribution is -2.23. The minimum absolute atomic E-state index is 0.220. The molecule has 0 aliphatic heterocycles. The highest BCUT2D eigenvalue weighted by Crippen LogP contribution is 2.40. The summed E-state index contributed by atoms with van der Waals surface area (Å²) in [6.07, 6.45) is 24.2. The van der Waals surface area contributed by atoms with Gasteiger partial charge in [-0.05, 0) is 81.3 Å². The quantitative estimate of drug-likeness (QED) is 0.473. The molecule has 3 rings (SSSR count). The summed E-state index contributed by atoms with van der Waals surface area (Å²) in [4.78, 5) is 0. The van der Waals surface area contributed by atoms with Gasteiger partial charge in [-0.15, -0.1) is 0 Å². The third-order valence-corrected chi connectivity index (χ3v) is 6.56. The van der Waals surface area contributed by atoms with Crippen molar-refractivity contribution in [2.24, 2.45) is 5.92 Å². The Morgan fingerprint density at radius 1 is 1.04 bits per heavy atom. The Hall–Kier alpha value is -1.56. The average molecular weight is 335 g/mol. The van der Waals surface area contributed by atoms with Crippen LogP contribution >= 0.6 is 0 Å². The lowest BCUT2D eigenvalue weighted by Gasteiger charge is -2.32. The standard InChI is InChI=1S/C25H34/c1-3-5-7-10-21-11-13-22(14-12-21)23-15-17-24(18-16-23)25(4-2)19-8-6-9-20-25/h3,5-6,8-9,15-19,21-22H,4,7,10-14,20H2,1-2H3/t21-,22-,25?. The van der Waals surface area contributed by atoms with Crippen LogP contribution in [0.2, 0.25) is 0 Å². The van der Waals surface area contributed by atoms with Crippen LogP contribution < -0.4 is 0 Å². The number of hydrogen-bond donors (Lipinski definition) is 0. The van der Waals surface area contributed by atoms with Crippen LogP contribution in [0.15, 0.2) is 60.7 Å². The summed E-state index contributed by atoms with van der Waals surface area (Å²) in [5.41, 5.74) is 3.27. The second kappa shape index (κ2) is 8.70. The molecule has 25 heavy (non-hydrogen) atoms. The Morgan fingerprint density at radius 3 is 2.40 bits per heavy atom. The van der Waals surface area contributed by atoms with Gasteiger partial charge < -0.3 is 0 Å². The lowest BCUT2D eigenvalue weighted by molar-refractivity contribution is 0.312. The molecule has 1 aromatic rings. The first-order chi connectivity index (χ1) is 12.3. The molecule has 0 radical (unpaired) electrons. The molecule has 1 saturated carbocycles. The molecule has 1 atom stereocenters. The minimum atomic E-state index is 0.220. The van der Waals surface area contributed by atoms with E-state index in [1.54, 1.807) is 5.56 Å². The molecule has 0 N–H and O–H groups in total. The minimum Gasteiger partial charge on any atom is -0.0917 e. The molecule has 1 unspecified atom stereocenters. The highest BCUT2D eigenvalue weighted by Gasteiger charge is 2.28. The van der Waals surface area contributed by atoms with E-state index in [1.165, 1.54) is 50.5 Å². The van der Waals surface area contributed by atoms with Crippen molar-refractivity contribution >= 4 is 0 Å². The second-order valence-electron chi connectivity index (χ2n) is 7.99. The molecule has 2 aliphatic rings. The van der Waals surface area contributed by atoms with Crippen LogP contribution in [0.5, 0.6) is 0 Å². The van der Waals surface area contributed by atoms with Crippen molar-refractivity contribution in [2.75, 3.05) is 0 Å². The predicted octanol–water partition coefficient (Wildman–Crippen LogP) is 7.48.